The number of carbonyl (C=O) groups is 3. The second-order valence-corrected chi connectivity index (χ2v) is 12.1. The Kier molecular flexibility index (Phi) is 12.0. The molecule has 3 amide bonds. The van der Waals surface area contributed by atoms with E-state index in [1.165, 1.54) is 11.0 Å². The van der Waals surface area contributed by atoms with E-state index in [2.05, 4.69) is 24.5 Å². The first-order chi connectivity index (χ1) is 18.7. The standard InChI is InChI=1S/C32H47N3O5/c1-21(2)18-19-23(5)35(30(38)27(22(3)4)34-31(39)40-32(6,7)8)28(25-16-12-13-17-26(25)36)29(37)33-20-24-14-10-9-11-15-24/h9-17,21-23,27-28,36H,18-20H2,1-8H3,(H,33,37)(H,34,39). The Morgan fingerprint density at radius 2 is 1.50 bits per heavy atom. The van der Waals surface area contributed by atoms with Gasteiger partial charge in [-0.25, -0.2) is 4.79 Å². The smallest absolute Gasteiger partial charge is 0.408 e. The third kappa shape index (κ3) is 9.88. The van der Waals surface area contributed by atoms with Crippen molar-refractivity contribution < 1.29 is 24.2 Å². The van der Waals surface area contributed by atoms with Crippen molar-refractivity contribution in [2.75, 3.05) is 0 Å². The molecule has 0 saturated carbocycles. The van der Waals surface area contributed by atoms with Gasteiger partial charge in [-0.15, -0.1) is 0 Å². The molecular weight excluding hydrogens is 506 g/mol. The summed E-state index contributed by atoms with van der Waals surface area (Å²) in [7, 11) is 0. The maximum absolute atomic E-state index is 14.4. The zero-order valence-electron chi connectivity index (χ0n) is 25.2. The van der Waals surface area contributed by atoms with Gasteiger partial charge in [-0.05, 0) is 64.0 Å². The fourth-order valence-electron chi connectivity index (χ4n) is 4.44. The highest BCUT2D eigenvalue weighted by Crippen LogP contribution is 2.33. The Hall–Kier alpha value is -3.55. The molecule has 0 fully saturated rings. The van der Waals surface area contributed by atoms with Crippen molar-refractivity contribution >= 4 is 17.9 Å². The minimum atomic E-state index is -1.12. The Labute approximate surface area is 239 Å². The van der Waals surface area contributed by atoms with Crippen molar-refractivity contribution in [3.63, 3.8) is 0 Å². The van der Waals surface area contributed by atoms with E-state index in [1.54, 1.807) is 39.0 Å². The first kappa shape index (κ1) is 32.7. The van der Waals surface area contributed by atoms with Crippen LogP contribution in [0.25, 0.3) is 0 Å². The summed E-state index contributed by atoms with van der Waals surface area (Å²) in [5.41, 5.74) is 0.482. The Balaban J connectivity index is 2.56. The number of ether oxygens (including phenoxy) is 1. The summed E-state index contributed by atoms with van der Waals surface area (Å²) < 4.78 is 5.45. The maximum Gasteiger partial charge on any atom is 0.408 e. The van der Waals surface area contributed by atoms with Crippen LogP contribution >= 0.6 is 0 Å². The maximum atomic E-state index is 14.4. The first-order valence-corrected chi connectivity index (χ1v) is 14.1. The van der Waals surface area contributed by atoms with Gasteiger partial charge < -0.3 is 25.4 Å². The number of nitrogens with one attached hydrogen (secondary N) is 2. The van der Waals surface area contributed by atoms with Gasteiger partial charge in [-0.3, -0.25) is 9.59 Å². The molecule has 0 radical (unpaired) electrons. The van der Waals surface area contributed by atoms with Crippen LogP contribution in [-0.4, -0.2) is 45.6 Å². The number of aromatic hydroxyl groups is 1. The van der Waals surface area contributed by atoms with E-state index in [-0.39, 0.29) is 24.3 Å². The molecule has 2 aromatic carbocycles. The van der Waals surface area contributed by atoms with Crippen LogP contribution in [0.3, 0.4) is 0 Å². The van der Waals surface area contributed by atoms with E-state index < -0.39 is 35.6 Å². The lowest BCUT2D eigenvalue weighted by Gasteiger charge is -2.39. The SMILES string of the molecule is CC(C)CCC(C)N(C(=O)C(NC(=O)OC(C)(C)C)C(C)C)C(C(=O)NCc1ccccc1)c1ccccc1O. The molecule has 0 heterocycles. The summed E-state index contributed by atoms with van der Waals surface area (Å²) >= 11 is 0. The normalized spacial score (nSPS) is 13.8. The molecule has 2 rings (SSSR count). The van der Waals surface area contributed by atoms with Gasteiger partial charge in [-0.2, -0.15) is 0 Å². The predicted molar refractivity (Wildman–Crippen MR) is 158 cm³/mol. The topological polar surface area (TPSA) is 108 Å². The second kappa shape index (κ2) is 14.7. The number of nitrogens with zero attached hydrogens (tertiary/aromatic N) is 1. The molecule has 8 nitrogen and oxygen atoms in total. The second-order valence-electron chi connectivity index (χ2n) is 12.1. The fourth-order valence-corrected chi connectivity index (χ4v) is 4.44. The Morgan fingerprint density at radius 1 is 0.900 bits per heavy atom. The molecule has 3 N–H and O–H groups in total. The lowest BCUT2D eigenvalue weighted by Crippen LogP contribution is -2.57. The number of hydrogen-bond donors (Lipinski definition) is 3. The van der Waals surface area contributed by atoms with E-state index in [1.807, 2.05) is 51.1 Å². The van der Waals surface area contributed by atoms with Gasteiger partial charge in [0, 0.05) is 18.2 Å². The summed E-state index contributed by atoms with van der Waals surface area (Å²) in [5, 5.41) is 16.6. The molecule has 0 aromatic heterocycles. The first-order valence-electron chi connectivity index (χ1n) is 14.1. The van der Waals surface area contributed by atoms with E-state index in [9.17, 15) is 19.5 Å². The summed E-state index contributed by atoms with van der Waals surface area (Å²) in [5.74, 6) is -0.833. The van der Waals surface area contributed by atoms with E-state index in [0.29, 0.717) is 17.9 Å². The largest absolute Gasteiger partial charge is 0.508 e. The van der Waals surface area contributed by atoms with Crippen molar-refractivity contribution in [1.82, 2.24) is 15.5 Å². The number of para-hydroxylation sites is 1. The molecule has 0 saturated heterocycles. The van der Waals surface area contributed by atoms with Crippen LogP contribution < -0.4 is 10.6 Å². The molecule has 8 heteroatoms. The monoisotopic (exact) mass is 553 g/mol. The molecule has 0 aliphatic heterocycles. The minimum Gasteiger partial charge on any atom is -0.508 e. The van der Waals surface area contributed by atoms with Gasteiger partial charge in [0.1, 0.15) is 23.4 Å². The predicted octanol–water partition coefficient (Wildman–Crippen LogP) is 5.95. The number of phenolic OH excluding ortho intramolecular Hbond substituents is 1. The molecule has 0 bridgehead atoms. The van der Waals surface area contributed by atoms with E-state index in [0.717, 1.165) is 12.0 Å². The molecular formula is C32H47N3O5. The lowest BCUT2D eigenvalue weighted by atomic mass is 9.94. The van der Waals surface area contributed by atoms with Crippen LogP contribution in [0.4, 0.5) is 4.79 Å². The Bertz CT molecular complexity index is 1110. The quantitative estimate of drug-likeness (QED) is 0.301. The number of benzene rings is 2. The highest BCUT2D eigenvalue weighted by Gasteiger charge is 2.40. The molecule has 40 heavy (non-hydrogen) atoms. The van der Waals surface area contributed by atoms with Crippen molar-refractivity contribution in [3.05, 3.63) is 65.7 Å². The number of rotatable bonds is 12. The van der Waals surface area contributed by atoms with Gasteiger partial charge in [0.25, 0.3) is 0 Å². The van der Waals surface area contributed by atoms with Gasteiger partial charge in [0.15, 0.2) is 0 Å². The van der Waals surface area contributed by atoms with Gasteiger partial charge in [0.2, 0.25) is 11.8 Å². The zero-order chi connectivity index (χ0) is 30.0. The van der Waals surface area contributed by atoms with Crippen LogP contribution in [-0.2, 0) is 20.9 Å². The number of hydrogen-bond acceptors (Lipinski definition) is 5. The van der Waals surface area contributed by atoms with Crippen molar-refractivity contribution in [3.8, 4) is 5.75 Å². The molecule has 0 spiro atoms. The Morgan fingerprint density at radius 3 is 2.05 bits per heavy atom. The van der Waals surface area contributed by atoms with Crippen molar-refractivity contribution in [2.24, 2.45) is 11.8 Å². The van der Waals surface area contributed by atoms with Crippen LogP contribution in [0.2, 0.25) is 0 Å². The third-order valence-electron chi connectivity index (χ3n) is 6.56. The van der Waals surface area contributed by atoms with E-state index in [4.69, 9.17) is 4.74 Å². The van der Waals surface area contributed by atoms with Gasteiger partial charge in [0.05, 0.1) is 0 Å². The van der Waals surface area contributed by atoms with Crippen molar-refractivity contribution in [2.45, 2.75) is 98.5 Å². The number of phenols is 1. The average molecular weight is 554 g/mol. The highest BCUT2D eigenvalue weighted by molar-refractivity contribution is 5.93. The molecule has 2 aromatic rings. The summed E-state index contributed by atoms with van der Waals surface area (Å²) in [6, 6.07) is 13.6. The lowest BCUT2D eigenvalue weighted by molar-refractivity contribution is -0.146. The third-order valence-corrected chi connectivity index (χ3v) is 6.56. The average Bonchev–Trinajstić information content (AvgIpc) is 2.87. The summed E-state index contributed by atoms with van der Waals surface area (Å²) in [6.07, 6.45) is 0.758. The fraction of sp³-hybridized carbons (Fsp3) is 0.531. The van der Waals surface area contributed by atoms with Crippen LogP contribution in [0.1, 0.15) is 85.4 Å². The molecule has 0 aliphatic carbocycles. The van der Waals surface area contributed by atoms with Crippen molar-refractivity contribution in [1.29, 1.82) is 0 Å². The zero-order valence-corrected chi connectivity index (χ0v) is 25.2. The van der Waals surface area contributed by atoms with Gasteiger partial charge >= 0.3 is 6.09 Å². The number of alkyl carbamates (subject to hydrolysis) is 1. The molecule has 220 valence electrons. The number of carbonyl (C=O) groups excluding carboxylic acids is 3. The molecule has 3 unspecified atom stereocenters. The highest BCUT2D eigenvalue weighted by atomic mass is 16.6. The minimum absolute atomic E-state index is 0.0857. The summed E-state index contributed by atoms with van der Waals surface area (Å²) in [4.78, 5) is 42.6. The summed E-state index contributed by atoms with van der Waals surface area (Å²) in [6.45, 7) is 15.3. The van der Waals surface area contributed by atoms with Crippen LogP contribution in [0.15, 0.2) is 54.6 Å². The molecule has 3 atom stereocenters. The van der Waals surface area contributed by atoms with Crippen LogP contribution in [0.5, 0.6) is 5.75 Å². The van der Waals surface area contributed by atoms with Crippen LogP contribution in [0, 0.1) is 11.8 Å². The van der Waals surface area contributed by atoms with Gasteiger partial charge in [-0.1, -0.05) is 76.2 Å². The molecule has 0 aliphatic rings. The number of amides is 3. The van der Waals surface area contributed by atoms with E-state index >= 15 is 0 Å².